The van der Waals surface area contributed by atoms with E-state index in [1.165, 1.54) is 0 Å². The van der Waals surface area contributed by atoms with Crippen LogP contribution >= 0.6 is 11.6 Å². The molecule has 3 fully saturated rings. The summed E-state index contributed by atoms with van der Waals surface area (Å²) in [6, 6.07) is 10.4. The summed E-state index contributed by atoms with van der Waals surface area (Å²) >= 11 is 6.41. The van der Waals surface area contributed by atoms with Crippen molar-refractivity contribution in [2.24, 2.45) is 5.41 Å². The predicted molar refractivity (Wildman–Crippen MR) is 173 cm³/mol. The average molecular weight is 651 g/mol. The molecule has 0 bridgehead atoms. The van der Waals surface area contributed by atoms with E-state index in [9.17, 15) is 24.3 Å². The molecule has 0 aromatic heterocycles. The van der Waals surface area contributed by atoms with Gasteiger partial charge in [0.1, 0.15) is 11.6 Å². The molecule has 3 N–H and O–H groups in total. The van der Waals surface area contributed by atoms with Gasteiger partial charge in [-0.1, -0.05) is 43.0 Å². The van der Waals surface area contributed by atoms with Gasteiger partial charge in [-0.05, 0) is 87.4 Å². The van der Waals surface area contributed by atoms with Crippen LogP contribution in [0.5, 0.6) is 0 Å². The van der Waals surface area contributed by atoms with Gasteiger partial charge in [0.05, 0.1) is 5.60 Å². The summed E-state index contributed by atoms with van der Waals surface area (Å²) in [6.07, 6.45) is 5.39. The van der Waals surface area contributed by atoms with E-state index in [4.69, 9.17) is 16.3 Å². The molecule has 0 radical (unpaired) electrons. The lowest BCUT2D eigenvalue weighted by molar-refractivity contribution is -0.159. The van der Waals surface area contributed by atoms with Gasteiger partial charge >= 0.3 is 6.09 Å². The van der Waals surface area contributed by atoms with Crippen molar-refractivity contribution in [1.29, 1.82) is 0 Å². The van der Waals surface area contributed by atoms with Gasteiger partial charge in [0.15, 0.2) is 0 Å². The highest BCUT2D eigenvalue weighted by Crippen LogP contribution is 2.55. The topological polar surface area (TPSA) is 128 Å². The van der Waals surface area contributed by atoms with Crippen LogP contribution in [0.15, 0.2) is 36.4 Å². The number of piperidine rings is 2. The number of ether oxygens (including phenoxy) is 1. The molecule has 1 spiro atoms. The predicted octanol–water partition coefficient (Wildman–Crippen LogP) is 5.49. The van der Waals surface area contributed by atoms with E-state index in [0.29, 0.717) is 48.7 Å². The van der Waals surface area contributed by atoms with E-state index in [0.717, 1.165) is 48.8 Å². The van der Waals surface area contributed by atoms with E-state index in [1.54, 1.807) is 23.1 Å². The third kappa shape index (κ3) is 6.27. The monoisotopic (exact) mass is 650 g/mol. The zero-order valence-electron chi connectivity index (χ0n) is 26.8. The van der Waals surface area contributed by atoms with Gasteiger partial charge in [-0.25, -0.2) is 4.79 Å². The number of benzene rings is 2. The fourth-order valence-electron chi connectivity index (χ4n) is 7.91. The van der Waals surface area contributed by atoms with Crippen molar-refractivity contribution < 1.29 is 29.0 Å². The second-order valence-corrected chi connectivity index (χ2v) is 14.8. The molecule has 1 saturated carbocycles. The number of carbonyl (C=O) groups is 4. The number of rotatable bonds is 5. The van der Waals surface area contributed by atoms with E-state index in [-0.39, 0.29) is 24.8 Å². The maximum atomic E-state index is 13.3. The maximum absolute atomic E-state index is 13.3. The van der Waals surface area contributed by atoms with Crippen molar-refractivity contribution in [1.82, 2.24) is 15.1 Å². The maximum Gasteiger partial charge on any atom is 0.412 e. The smallest absolute Gasteiger partial charge is 0.412 e. The molecule has 6 rings (SSSR count). The van der Waals surface area contributed by atoms with Crippen LogP contribution < -0.4 is 10.6 Å². The van der Waals surface area contributed by atoms with Crippen LogP contribution in [0.3, 0.4) is 0 Å². The lowest BCUT2D eigenvalue weighted by atomic mass is 9.57. The van der Waals surface area contributed by atoms with Crippen molar-refractivity contribution in [3.63, 3.8) is 0 Å². The molecular formula is C35H43ClN4O6. The minimum Gasteiger partial charge on any atom is -0.444 e. The summed E-state index contributed by atoms with van der Waals surface area (Å²) in [4.78, 5) is 54.1. The third-order valence-electron chi connectivity index (χ3n) is 10.1. The number of nitrogens with one attached hydrogen (secondary N) is 2. The Labute approximate surface area is 274 Å². The van der Waals surface area contributed by atoms with Crippen molar-refractivity contribution >= 4 is 41.1 Å². The fourth-order valence-corrected chi connectivity index (χ4v) is 8.10. The largest absolute Gasteiger partial charge is 0.444 e. The third-order valence-corrected chi connectivity index (χ3v) is 10.3. The number of nitrogens with zero attached hydrogens (tertiary/aromatic N) is 2. The van der Waals surface area contributed by atoms with Gasteiger partial charge in [-0.2, -0.15) is 0 Å². The highest BCUT2D eigenvalue weighted by molar-refractivity contribution is 6.30. The number of fused-ring (bicyclic) bond motifs is 1. The number of halogens is 1. The standard InChI is InChI=1S/C35H43ClN4O6/c1-33(2,3)46-32(44)37-27-10-8-25(36)18-23(27)19-39-16-15-35(45,34(21-39)13-5-4-6-14-34)24-7-9-26-22(17-24)20-40(31(26)43)28-11-12-29(41)38-30(28)42/h7-10,17-18,28,45H,4-6,11-16,19-21H2,1-3H3,(H,37,44)(H,38,41,42). The van der Waals surface area contributed by atoms with Crippen LogP contribution in [0.25, 0.3) is 0 Å². The van der Waals surface area contributed by atoms with Crippen molar-refractivity contribution in [2.75, 3.05) is 18.4 Å². The Bertz CT molecular complexity index is 1560. The highest BCUT2D eigenvalue weighted by Gasteiger charge is 2.55. The second-order valence-electron chi connectivity index (χ2n) is 14.4. The number of amides is 4. The molecule has 46 heavy (non-hydrogen) atoms. The van der Waals surface area contributed by atoms with Crippen molar-refractivity contribution in [3.8, 4) is 0 Å². The van der Waals surface area contributed by atoms with Gasteiger partial charge in [0.25, 0.3) is 5.91 Å². The molecular weight excluding hydrogens is 608 g/mol. The van der Waals surface area contributed by atoms with Crippen LogP contribution in [0.4, 0.5) is 10.5 Å². The Hall–Kier alpha value is -3.47. The van der Waals surface area contributed by atoms with Gasteiger partial charge in [-0.15, -0.1) is 0 Å². The molecule has 2 atom stereocenters. The summed E-state index contributed by atoms with van der Waals surface area (Å²) in [7, 11) is 0. The second kappa shape index (κ2) is 12.3. The molecule has 4 amide bonds. The van der Waals surface area contributed by atoms with E-state index >= 15 is 0 Å². The fraction of sp³-hybridized carbons (Fsp3) is 0.543. The van der Waals surface area contributed by atoms with E-state index < -0.39 is 34.7 Å². The van der Waals surface area contributed by atoms with Gasteiger partial charge in [0.2, 0.25) is 11.8 Å². The quantitative estimate of drug-likeness (QED) is 0.365. The van der Waals surface area contributed by atoms with Gasteiger partial charge in [0, 0.05) is 54.3 Å². The van der Waals surface area contributed by atoms with Crippen LogP contribution in [0.1, 0.15) is 99.2 Å². The Balaban J connectivity index is 1.24. The SMILES string of the molecule is CC(C)(C)OC(=O)Nc1ccc(Cl)cc1CN1CCC(O)(c2ccc3c(c2)CN(C2CCC(=O)NC2=O)C3=O)C2(CCCCC2)C1. The number of anilines is 1. The molecule has 4 aliphatic rings. The Kier molecular flexibility index (Phi) is 8.67. The first kappa shape index (κ1) is 32.5. The van der Waals surface area contributed by atoms with Crippen LogP contribution in [0.2, 0.25) is 5.02 Å². The number of imide groups is 1. The molecule has 10 nitrogen and oxygen atoms in total. The first-order chi connectivity index (χ1) is 21.8. The van der Waals surface area contributed by atoms with Crippen molar-refractivity contribution in [2.45, 2.75) is 102 Å². The number of hydrogen-bond acceptors (Lipinski definition) is 7. The number of hydrogen-bond donors (Lipinski definition) is 3. The zero-order valence-corrected chi connectivity index (χ0v) is 27.5. The zero-order chi connectivity index (χ0) is 32.9. The molecule has 2 unspecified atom stereocenters. The molecule has 3 aliphatic heterocycles. The first-order valence-electron chi connectivity index (χ1n) is 16.3. The molecule has 1 aliphatic carbocycles. The molecule has 2 saturated heterocycles. The summed E-state index contributed by atoms with van der Waals surface area (Å²) in [6.45, 7) is 7.56. The molecule has 11 heteroatoms. The van der Waals surface area contributed by atoms with Gasteiger partial charge < -0.3 is 14.7 Å². The Morgan fingerprint density at radius 2 is 1.85 bits per heavy atom. The molecule has 2 aromatic rings. The normalized spacial score (nSPS) is 24.9. The minimum atomic E-state index is -1.10. The van der Waals surface area contributed by atoms with E-state index in [1.807, 2.05) is 39.0 Å². The lowest BCUT2D eigenvalue weighted by Crippen LogP contribution is -2.58. The summed E-state index contributed by atoms with van der Waals surface area (Å²) in [5, 5.41) is 18.5. The average Bonchev–Trinajstić information content (AvgIpc) is 3.31. The Morgan fingerprint density at radius 3 is 2.57 bits per heavy atom. The summed E-state index contributed by atoms with van der Waals surface area (Å²) in [5.41, 5.74) is 1.52. The molecule has 3 heterocycles. The number of likely N-dealkylation sites (tertiary alicyclic amines) is 1. The van der Waals surface area contributed by atoms with Crippen LogP contribution in [-0.4, -0.2) is 63.5 Å². The molecule has 246 valence electrons. The summed E-state index contributed by atoms with van der Waals surface area (Å²) in [5.74, 6) is -0.971. The van der Waals surface area contributed by atoms with E-state index in [2.05, 4.69) is 15.5 Å². The molecule has 2 aromatic carbocycles. The summed E-state index contributed by atoms with van der Waals surface area (Å²) < 4.78 is 5.49. The highest BCUT2D eigenvalue weighted by atomic mass is 35.5. The first-order valence-corrected chi connectivity index (χ1v) is 16.7. The van der Waals surface area contributed by atoms with Crippen LogP contribution in [0, 0.1) is 5.41 Å². The van der Waals surface area contributed by atoms with Gasteiger partial charge in [-0.3, -0.25) is 29.9 Å². The lowest BCUT2D eigenvalue weighted by Gasteiger charge is -2.56. The minimum absolute atomic E-state index is 0.203. The number of carbonyl (C=O) groups excluding carboxylic acids is 4. The number of aliphatic hydroxyl groups is 1. The van der Waals surface area contributed by atoms with Crippen molar-refractivity contribution in [3.05, 3.63) is 63.7 Å². The Morgan fingerprint density at radius 1 is 1.09 bits per heavy atom. The van der Waals surface area contributed by atoms with Crippen LogP contribution in [-0.2, 0) is 33.0 Å².